The molecule has 5 N–H and O–H groups in total. The number of carbonyl (C=O) groups is 4. The van der Waals surface area contributed by atoms with Gasteiger partial charge in [-0.05, 0) is 74.6 Å². The molecule has 4 aromatic heterocycles. The third-order valence-corrected chi connectivity index (χ3v) is 15.7. The quantitative estimate of drug-likeness (QED) is 0.0481. The van der Waals surface area contributed by atoms with Gasteiger partial charge in [-0.2, -0.15) is 0 Å². The van der Waals surface area contributed by atoms with E-state index < -0.39 is 66.8 Å². The number of halogens is 6. The van der Waals surface area contributed by atoms with Crippen LogP contribution < -0.4 is 20.9 Å². The highest BCUT2D eigenvalue weighted by Gasteiger charge is 2.39. The number of hydrogen-bond donors (Lipinski definition) is 5. The molecule has 2 atom stereocenters. The number of aliphatic imine (C=N–C) groups is 2. The zero-order chi connectivity index (χ0) is 63.5. The second kappa shape index (κ2) is 34.7. The van der Waals surface area contributed by atoms with E-state index in [0.29, 0.717) is 88.7 Å². The van der Waals surface area contributed by atoms with Gasteiger partial charge in [-0.25, -0.2) is 57.9 Å². The van der Waals surface area contributed by atoms with Crippen molar-refractivity contribution in [1.82, 2.24) is 45.9 Å². The van der Waals surface area contributed by atoms with Crippen molar-refractivity contribution in [2.24, 2.45) is 21.8 Å². The van der Waals surface area contributed by atoms with E-state index in [9.17, 15) is 32.3 Å². The molecular formula is C52H52B8Cl3F3N12O8S2. The van der Waals surface area contributed by atoms with Gasteiger partial charge in [0.15, 0.2) is 21.7 Å². The van der Waals surface area contributed by atoms with Crippen LogP contribution in [0.3, 0.4) is 0 Å². The minimum atomic E-state index is -1.09. The number of piperidine rings is 2. The van der Waals surface area contributed by atoms with Crippen LogP contribution in [0.15, 0.2) is 117 Å². The predicted molar refractivity (Wildman–Crippen MR) is 343 cm³/mol. The minimum Gasteiger partial charge on any atom is -0.478 e. The number of amidine groups is 2. The van der Waals surface area contributed by atoms with E-state index in [1.165, 1.54) is 79.6 Å². The fraction of sp³-hybridized carbons (Fsp3) is 0.308. The number of aromatic carboxylic acids is 2. The summed E-state index contributed by atoms with van der Waals surface area (Å²) in [5.74, 6) is -2.56. The van der Waals surface area contributed by atoms with Crippen molar-refractivity contribution in [3.8, 4) is 0 Å². The molecule has 10 rings (SSSR count). The average Bonchev–Trinajstić information content (AvgIpc) is 2.23. The standard InChI is InChI=1S/C25H22ClFN6O4S.C20H20ClFN4O2S.C5H3ClN2O2.CH3F.CH4.B8/c1-37-24(36)18-19(13-4-7-33(8-5-13)25-29-11-14(12-30-25)23(34)35)31-21(22-28-6-9-38-22)32-20(18)16-3-2-15(27)10-17(16)26;1-28-20(27)15-16(11-4-6-23-7-5-11)25-18(19-24-8-9-29-19)26-17(15)13-3-2-12(22)10-14(13)21;6-5-7-1-3(2-8-5)4(9)10;1-2;;1-6(2)8(5)7(3)4/h2-3,6,9-13,20H,4-5,7-8H2,1H3,(H,31,32)(H,34,35);2-3,8-11,17,23H,4-7H2,1H3,(H,25,26);1-2H,(H,9,10);1H3;1H4;. The number of benzene rings is 2. The highest BCUT2D eigenvalue weighted by Crippen LogP contribution is 2.42. The predicted octanol–water partition coefficient (Wildman–Crippen LogP) is 6.32. The lowest BCUT2D eigenvalue weighted by Gasteiger charge is -2.36. The first-order valence-corrected chi connectivity index (χ1v) is 29.0. The molecule has 10 radical (unpaired) electrons. The molecule has 0 aliphatic carbocycles. The molecule has 0 amide bonds. The molecule has 0 bridgehead atoms. The number of esters is 2. The first-order chi connectivity index (χ1) is 41.7. The van der Waals surface area contributed by atoms with Crippen molar-refractivity contribution in [3.05, 3.63) is 166 Å². The van der Waals surface area contributed by atoms with Crippen LogP contribution in [-0.4, -0.2) is 181 Å². The summed E-state index contributed by atoms with van der Waals surface area (Å²) in [5.41, 5.74) is 3.23. The van der Waals surface area contributed by atoms with Crippen LogP contribution in [0.5, 0.6) is 0 Å². The van der Waals surface area contributed by atoms with Gasteiger partial charge >= 0.3 is 23.9 Å². The number of ether oxygens (including phenoxy) is 2. The largest absolute Gasteiger partial charge is 0.478 e. The third kappa shape index (κ3) is 19.1. The summed E-state index contributed by atoms with van der Waals surface area (Å²) in [7, 11) is 28.9. The Labute approximate surface area is 537 Å². The molecule has 4 aliphatic rings. The van der Waals surface area contributed by atoms with Gasteiger partial charge < -0.3 is 40.5 Å². The number of nitrogens with one attached hydrogen (secondary N) is 3. The van der Waals surface area contributed by atoms with Crippen LogP contribution in [0.4, 0.5) is 19.1 Å². The Bertz CT molecular complexity index is 3450. The Morgan fingerprint density at radius 2 is 1.03 bits per heavy atom. The monoisotopic (exact) mass is 1290 g/mol. The van der Waals surface area contributed by atoms with Gasteiger partial charge in [0.25, 0.3) is 0 Å². The summed E-state index contributed by atoms with van der Waals surface area (Å²) in [6, 6.07) is 6.59. The van der Waals surface area contributed by atoms with E-state index in [0.717, 1.165) is 44.0 Å². The lowest BCUT2D eigenvalue weighted by atomic mass is 8.68. The summed E-state index contributed by atoms with van der Waals surface area (Å²) in [6.07, 6.45) is 9.48. The average molecular weight is 1290 g/mol. The molecule has 0 saturated carbocycles. The number of rotatable bonds is 13. The molecule has 36 heteroatoms. The van der Waals surface area contributed by atoms with Crippen LogP contribution in [-0.2, 0) is 19.1 Å². The van der Waals surface area contributed by atoms with Crippen molar-refractivity contribution in [1.29, 1.82) is 0 Å². The summed E-state index contributed by atoms with van der Waals surface area (Å²) in [4.78, 5) is 82.8. The normalized spacial score (nSPS) is 16.4. The number of anilines is 1. The second-order valence-electron chi connectivity index (χ2n) is 18.8. The smallest absolute Gasteiger partial charge is 0.338 e. The van der Waals surface area contributed by atoms with Crippen LogP contribution in [0.1, 0.15) is 87.1 Å². The van der Waals surface area contributed by atoms with Crippen molar-refractivity contribution in [2.45, 2.75) is 45.2 Å². The Morgan fingerprint density at radius 1 is 0.636 bits per heavy atom. The Hall–Kier alpha value is -6.90. The molecule has 2 unspecified atom stereocenters. The molecule has 446 valence electrons. The maximum atomic E-state index is 13.9. The molecule has 20 nitrogen and oxygen atoms in total. The number of alkyl halides is 1. The topological polar surface area (TPSA) is 269 Å². The van der Waals surface area contributed by atoms with Crippen LogP contribution in [0, 0.1) is 23.5 Å². The first kappa shape index (κ1) is 71.8. The van der Waals surface area contributed by atoms with Gasteiger partial charge in [0.2, 0.25) is 11.2 Å². The van der Waals surface area contributed by atoms with Crippen LogP contribution >= 0.6 is 57.5 Å². The summed E-state index contributed by atoms with van der Waals surface area (Å²) >= 11 is 20.9. The van der Waals surface area contributed by atoms with E-state index in [4.69, 9.17) is 103 Å². The number of allylic oxidation sites excluding steroid dienone is 2. The fourth-order valence-corrected chi connectivity index (χ4v) is 10.8. The zero-order valence-corrected chi connectivity index (χ0v) is 50.5. The Morgan fingerprint density at radius 3 is 1.38 bits per heavy atom. The van der Waals surface area contributed by atoms with E-state index >= 15 is 0 Å². The minimum absolute atomic E-state index is 0. The molecule has 4 aliphatic heterocycles. The van der Waals surface area contributed by atoms with Crippen LogP contribution in [0.2, 0.25) is 15.3 Å². The lowest BCUT2D eigenvalue weighted by Crippen LogP contribution is -2.52. The van der Waals surface area contributed by atoms with Crippen molar-refractivity contribution >= 4 is 157 Å². The highest BCUT2D eigenvalue weighted by molar-refractivity contribution is 7.89. The third-order valence-electron chi connectivity index (χ3n) is 13.3. The molecule has 8 heterocycles. The maximum absolute atomic E-state index is 13.9. The second-order valence-corrected chi connectivity index (χ2v) is 21.7. The summed E-state index contributed by atoms with van der Waals surface area (Å²) < 4.78 is 47.3. The number of aromatic nitrogens is 6. The van der Waals surface area contributed by atoms with E-state index in [-0.39, 0.29) is 45.7 Å². The van der Waals surface area contributed by atoms with Gasteiger partial charge in [0.1, 0.15) is 23.7 Å². The first-order valence-electron chi connectivity index (χ1n) is 26.1. The number of nitrogens with zero attached hydrogens (tertiary/aromatic N) is 9. The fourth-order valence-electron chi connectivity index (χ4n) is 8.99. The molecule has 6 aromatic rings. The van der Waals surface area contributed by atoms with Gasteiger partial charge in [-0.1, -0.05) is 42.8 Å². The number of methoxy groups -OCH3 is 2. The summed E-state index contributed by atoms with van der Waals surface area (Å²) in [5, 5.41) is 32.9. The number of thiazole rings is 2. The zero-order valence-electron chi connectivity index (χ0n) is 46.6. The number of carboxylic acid groups (broad SMARTS) is 2. The van der Waals surface area contributed by atoms with Gasteiger partial charge in [-0.15, -0.1) is 22.7 Å². The van der Waals surface area contributed by atoms with Crippen LogP contribution in [0.25, 0.3) is 0 Å². The number of hydrogen-bond acceptors (Lipinski definition) is 20. The Balaban J connectivity index is 0.000000247. The van der Waals surface area contributed by atoms with Gasteiger partial charge in [0, 0.05) is 163 Å². The summed E-state index contributed by atoms with van der Waals surface area (Å²) in [6.45, 7) is 2.86. The van der Waals surface area contributed by atoms with E-state index in [2.05, 4.69) is 45.9 Å². The molecule has 2 fully saturated rings. The van der Waals surface area contributed by atoms with Crippen molar-refractivity contribution in [2.75, 3.05) is 52.5 Å². The SMILES string of the molecule is C.CF.COC(=O)C1=C(C2CCN(c3ncc(C(=O)O)cn3)CC2)NC(c2nccs2)=NC1c1ccc(F)cc1Cl.COC(=O)C1=C(C2CCNCC2)NC(c2nccs2)=NC1c1ccc(F)cc1Cl.O=C(O)c1cnc(Cl)nc1.[B]B([B])B([B])B([B])[B]. The molecule has 0 spiro atoms. The van der Waals surface area contributed by atoms with Crippen molar-refractivity contribution in [3.63, 3.8) is 0 Å². The molecule has 2 aromatic carbocycles. The van der Waals surface area contributed by atoms with E-state index in [1.807, 2.05) is 15.7 Å². The Kier molecular flexibility index (Phi) is 28.4. The number of carbonyl (C=O) groups excluding carboxylic acids is 2. The van der Waals surface area contributed by atoms with Gasteiger partial charge in [0.05, 0.1) is 43.7 Å². The highest BCUT2D eigenvalue weighted by atomic mass is 35.5. The maximum Gasteiger partial charge on any atom is 0.338 e. The molecular weight excluding hydrogens is 1230 g/mol. The number of carboxylic acids is 2. The molecule has 88 heavy (non-hydrogen) atoms. The lowest BCUT2D eigenvalue weighted by molar-refractivity contribution is -0.137. The molecule has 2 saturated heterocycles. The van der Waals surface area contributed by atoms with Crippen molar-refractivity contribution < 1.29 is 52.0 Å². The van der Waals surface area contributed by atoms with Gasteiger partial charge in [-0.3, -0.25) is 14.4 Å². The van der Waals surface area contributed by atoms with E-state index in [1.54, 1.807) is 18.5 Å².